The van der Waals surface area contributed by atoms with E-state index in [2.05, 4.69) is 28.1 Å². The SMILES string of the molecule is CCCCCCCCCCCCCCCC[N+](C)(C)C.[Br-].[O]=[Ce]. The molecule has 0 radical (unpaired) electrons. The van der Waals surface area contributed by atoms with Crippen LogP contribution in [0.5, 0.6) is 0 Å². The van der Waals surface area contributed by atoms with Crippen LogP contribution in [0.25, 0.3) is 0 Å². The maximum absolute atomic E-state index is 8.39. The molecular weight excluding hydrogens is 478 g/mol. The zero-order chi connectivity index (χ0) is 17.1. The number of unbranched alkanes of at least 4 members (excludes halogenated alkanes) is 13. The van der Waals surface area contributed by atoms with Crippen LogP contribution in [-0.2, 0) is 0.938 Å². The predicted octanol–water partition coefficient (Wildman–Crippen LogP) is 3.06. The average molecular weight is 521 g/mol. The zero-order valence-corrected chi connectivity index (χ0v) is 21.1. The summed E-state index contributed by atoms with van der Waals surface area (Å²) in [5.41, 5.74) is 0. The first-order valence-electron chi connectivity index (χ1n) is 9.57. The number of rotatable bonds is 15. The topological polar surface area (TPSA) is 17.1 Å². The monoisotopic (exact) mass is 519 g/mol. The third-order valence-corrected chi connectivity index (χ3v) is 4.18. The van der Waals surface area contributed by atoms with Crippen LogP contribution < -0.4 is 17.0 Å². The molecule has 0 aromatic rings. The second-order valence-electron chi connectivity index (χ2n) is 7.61. The van der Waals surface area contributed by atoms with Crippen LogP contribution in [0.1, 0.15) is 96.8 Å². The van der Waals surface area contributed by atoms with E-state index in [1.165, 1.54) is 96.4 Å². The Kier molecular flexibility index (Phi) is 30.2. The Hall–Kier alpha value is 1.62. The molecule has 0 aliphatic rings. The van der Waals surface area contributed by atoms with Crippen molar-refractivity contribution in [3.8, 4) is 0 Å². The molecule has 2 nitrogen and oxygen atoms in total. The van der Waals surface area contributed by atoms with E-state index in [0.717, 1.165) is 4.48 Å². The Morgan fingerprint density at radius 1 is 0.565 bits per heavy atom. The quantitative estimate of drug-likeness (QED) is 0.240. The van der Waals surface area contributed by atoms with Crippen LogP contribution in [0.2, 0.25) is 0 Å². The van der Waals surface area contributed by atoms with Gasteiger partial charge < -0.3 is 21.5 Å². The number of hydrogen-bond acceptors (Lipinski definition) is 1. The molecule has 0 unspecified atom stereocenters. The van der Waals surface area contributed by atoms with Gasteiger partial charge >= 0.3 is 40.7 Å². The number of nitrogens with zero attached hydrogens (tertiary/aromatic N) is 1. The molecule has 0 saturated heterocycles. The van der Waals surface area contributed by atoms with Crippen molar-refractivity contribution in [2.24, 2.45) is 0 Å². The molecule has 0 N–H and O–H groups in total. The van der Waals surface area contributed by atoms with E-state index in [1.807, 2.05) is 0 Å². The summed E-state index contributed by atoms with van der Waals surface area (Å²) in [6.07, 6.45) is 20.4. The van der Waals surface area contributed by atoms with Gasteiger partial charge in [0.25, 0.3) is 0 Å². The van der Waals surface area contributed by atoms with Crippen molar-refractivity contribution in [1.82, 2.24) is 0 Å². The minimum atomic E-state index is 0. The molecule has 0 aliphatic heterocycles. The Bertz CT molecular complexity index is 210. The zero-order valence-electron chi connectivity index (χ0n) is 16.3. The summed E-state index contributed by atoms with van der Waals surface area (Å²) in [6.45, 7) is 3.63. The molecule has 0 spiro atoms. The van der Waals surface area contributed by atoms with Crippen molar-refractivity contribution in [1.29, 1.82) is 0 Å². The van der Waals surface area contributed by atoms with E-state index >= 15 is 0 Å². The first-order chi connectivity index (χ1) is 10.6. The molecule has 0 bridgehead atoms. The van der Waals surface area contributed by atoms with Crippen LogP contribution in [0, 0.1) is 39.8 Å². The Labute approximate surface area is 185 Å². The minimum absolute atomic E-state index is 0. The third-order valence-electron chi connectivity index (χ3n) is 4.18. The van der Waals surface area contributed by atoms with Crippen LogP contribution in [0.4, 0.5) is 0 Å². The molecule has 0 amide bonds. The summed E-state index contributed by atoms with van der Waals surface area (Å²) in [5, 5.41) is 0. The molecule has 140 valence electrons. The first-order valence-corrected chi connectivity index (χ1v) is 10.9. The van der Waals surface area contributed by atoms with E-state index in [9.17, 15) is 0 Å². The summed E-state index contributed by atoms with van der Waals surface area (Å²) in [4.78, 5) is 0. The van der Waals surface area contributed by atoms with Crippen LogP contribution in [0.15, 0.2) is 0 Å². The van der Waals surface area contributed by atoms with E-state index in [4.69, 9.17) is 0.938 Å². The summed E-state index contributed by atoms with van der Waals surface area (Å²) in [6, 6.07) is 0. The number of halogens is 1. The predicted molar refractivity (Wildman–Crippen MR) is 93.9 cm³/mol. The Balaban J connectivity index is -0.00000128. The van der Waals surface area contributed by atoms with Crippen LogP contribution in [-0.4, -0.2) is 32.2 Å². The van der Waals surface area contributed by atoms with Crippen molar-refractivity contribution < 1.29 is 62.2 Å². The van der Waals surface area contributed by atoms with Crippen LogP contribution in [0.3, 0.4) is 0 Å². The average Bonchev–Trinajstić information content (AvgIpc) is 2.48. The van der Waals surface area contributed by atoms with Crippen molar-refractivity contribution in [3.63, 3.8) is 0 Å². The summed E-state index contributed by atoms with van der Waals surface area (Å²) in [7, 11) is 6.88. The van der Waals surface area contributed by atoms with Gasteiger partial charge in [0.2, 0.25) is 0 Å². The standard InChI is InChI=1S/C19H42N.BrH.Ce.O/c1-5-6-7-8-9-10-11-12-13-14-15-16-17-18-19-20(2,3)4;;;/h5-19H2,1-4H3;1H;;/q+1;;;/p-1. The van der Waals surface area contributed by atoms with Gasteiger partial charge in [-0.3, -0.25) is 0 Å². The van der Waals surface area contributed by atoms with Gasteiger partial charge in [0.05, 0.1) is 27.7 Å². The van der Waals surface area contributed by atoms with Crippen molar-refractivity contribution in [2.75, 3.05) is 27.7 Å². The number of quaternary nitrogens is 1. The molecule has 0 heterocycles. The van der Waals surface area contributed by atoms with E-state index < -0.39 is 0 Å². The van der Waals surface area contributed by atoms with Gasteiger partial charge in [0.15, 0.2) is 0 Å². The third kappa shape index (κ3) is 31.8. The van der Waals surface area contributed by atoms with E-state index in [0.29, 0.717) is 0 Å². The maximum atomic E-state index is 8.39. The molecule has 0 atom stereocenters. The fourth-order valence-electron chi connectivity index (χ4n) is 2.78. The molecular formula is C19H42BrCeNO. The molecule has 0 rings (SSSR count). The molecule has 0 aliphatic carbocycles. The summed E-state index contributed by atoms with van der Waals surface area (Å²) >= 11 is 0.0556. The van der Waals surface area contributed by atoms with Gasteiger partial charge in [-0.1, -0.05) is 84.0 Å². The van der Waals surface area contributed by atoms with Gasteiger partial charge in [0, 0.05) is 0 Å². The van der Waals surface area contributed by atoms with Gasteiger partial charge in [-0.2, -0.15) is 0 Å². The normalized spacial score (nSPS) is 10.6. The molecule has 23 heavy (non-hydrogen) atoms. The number of hydrogen-bond donors (Lipinski definition) is 0. The first kappa shape index (κ1) is 29.4. The van der Waals surface area contributed by atoms with Gasteiger partial charge in [-0.25, -0.2) is 0 Å². The van der Waals surface area contributed by atoms with Crippen molar-refractivity contribution in [2.45, 2.75) is 96.8 Å². The molecule has 4 heteroatoms. The van der Waals surface area contributed by atoms with Gasteiger partial charge in [0.1, 0.15) is 0 Å². The van der Waals surface area contributed by atoms with Gasteiger partial charge in [-0.05, 0) is 12.8 Å². The molecule has 0 aromatic heterocycles. The van der Waals surface area contributed by atoms with E-state index in [1.54, 1.807) is 0 Å². The fourth-order valence-corrected chi connectivity index (χ4v) is 2.78. The van der Waals surface area contributed by atoms with Crippen molar-refractivity contribution >= 4 is 0 Å². The fraction of sp³-hybridized carbons (Fsp3) is 1.00. The summed E-state index contributed by atoms with van der Waals surface area (Å²) in [5.74, 6) is 0. The Morgan fingerprint density at radius 3 is 1.09 bits per heavy atom. The van der Waals surface area contributed by atoms with Crippen molar-refractivity contribution in [3.05, 3.63) is 0 Å². The molecule has 0 fully saturated rings. The van der Waals surface area contributed by atoms with Crippen LogP contribution >= 0.6 is 0 Å². The second kappa shape index (κ2) is 23.6. The Morgan fingerprint density at radius 2 is 0.826 bits per heavy atom. The molecule has 0 saturated carbocycles. The molecule has 0 aromatic carbocycles. The van der Waals surface area contributed by atoms with E-state index in [-0.39, 0.29) is 56.8 Å². The summed E-state index contributed by atoms with van der Waals surface area (Å²) < 4.78 is 9.51. The van der Waals surface area contributed by atoms with Gasteiger partial charge in [-0.15, -0.1) is 0 Å². The second-order valence-corrected chi connectivity index (χ2v) is 7.61.